The van der Waals surface area contributed by atoms with Crippen LogP contribution in [0, 0.1) is 5.92 Å². The summed E-state index contributed by atoms with van der Waals surface area (Å²) in [7, 11) is 3.55. The Balaban J connectivity index is 0.00000300. The summed E-state index contributed by atoms with van der Waals surface area (Å²) < 4.78 is 17.5. The smallest absolute Gasteiger partial charge is 0.193 e. The van der Waals surface area contributed by atoms with E-state index >= 15 is 0 Å². The Morgan fingerprint density at radius 3 is 2.72 bits per heavy atom. The fourth-order valence-electron chi connectivity index (χ4n) is 4.12. The molecule has 2 aliphatic rings. The van der Waals surface area contributed by atoms with Crippen LogP contribution in [0.2, 0.25) is 0 Å². The van der Waals surface area contributed by atoms with Crippen molar-refractivity contribution in [2.45, 2.75) is 51.7 Å². The molecule has 3 rings (SSSR count). The third-order valence-electron chi connectivity index (χ3n) is 5.66. The van der Waals surface area contributed by atoms with E-state index in [-0.39, 0.29) is 24.0 Å². The first-order chi connectivity index (χ1) is 13.7. The highest BCUT2D eigenvalue weighted by atomic mass is 127. The van der Waals surface area contributed by atoms with Gasteiger partial charge in [0.1, 0.15) is 0 Å². The van der Waals surface area contributed by atoms with Gasteiger partial charge in [-0.15, -0.1) is 24.0 Å². The lowest BCUT2D eigenvalue weighted by molar-refractivity contribution is 0.114. The summed E-state index contributed by atoms with van der Waals surface area (Å²) in [6, 6.07) is 6.10. The second-order valence-electron chi connectivity index (χ2n) is 7.63. The van der Waals surface area contributed by atoms with Crippen molar-refractivity contribution in [2.75, 3.05) is 40.5 Å². The number of guanidine groups is 1. The van der Waals surface area contributed by atoms with E-state index < -0.39 is 0 Å². The predicted octanol–water partition coefficient (Wildman–Crippen LogP) is 4.07. The van der Waals surface area contributed by atoms with Crippen LogP contribution in [-0.4, -0.2) is 57.4 Å². The van der Waals surface area contributed by atoms with Crippen molar-refractivity contribution in [3.63, 3.8) is 0 Å². The minimum absolute atomic E-state index is 0. The molecule has 7 heteroatoms. The monoisotopic (exact) mass is 517 g/mol. The molecule has 0 aromatic heterocycles. The quantitative estimate of drug-likeness (QED) is 0.320. The number of benzene rings is 1. The molecule has 29 heavy (non-hydrogen) atoms. The number of methoxy groups -OCH3 is 1. The molecule has 0 amide bonds. The lowest BCUT2D eigenvalue weighted by atomic mass is 10.1. The molecular formula is C22H36IN3O3. The second-order valence-corrected chi connectivity index (χ2v) is 7.63. The van der Waals surface area contributed by atoms with Gasteiger partial charge in [-0.3, -0.25) is 4.99 Å². The van der Waals surface area contributed by atoms with E-state index in [0.717, 1.165) is 68.6 Å². The summed E-state index contributed by atoms with van der Waals surface area (Å²) in [6.07, 6.45) is 6.20. The number of hydrogen-bond acceptors (Lipinski definition) is 4. The van der Waals surface area contributed by atoms with Crippen molar-refractivity contribution >= 4 is 29.9 Å². The van der Waals surface area contributed by atoms with E-state index in [1.54, 1.807) is 7.11 Å². The van der Waals surface area contributed by atoms with Gasteiger partial charge in [-0.05, 0) is 45.1 Å². The first-order valence-corrected chi connectivity index (χ1v) is 10.6. The topological polar surface area (TPSA) is 55.3 Å². The highest BCUT2D eigenvalue weighted by Crippen LogP contribution is 2.34. The molecule has 1 N–H and O–H groups in total. The number of nitrogens with one attached hydrogen (secondary N) is 1. The zero-order valence-electron chi connectivity index (χ0n) is 18.0. The number of para-hydroxylation sites is 1. The Hall–Kier alpha value is -1.22. The summed E-state index contributed by atoms with van der Waals surface area (Å²) in [4.78, 5) is 6.81. The SMILES string of the molecule is CCOCC1CCN(C(=NC)NCc2cccc(OC)c2OC2CCCC2)C1.I. The maximum atomic E-state index is 6.35. The largest absolute Gasteiger partial charge is 0.493 e. The molecular weight excluding hydrogens is 481 g/mol. The van der Waals surface area contributed by atoms with Gasteiger partial charge in [0.15, 0.2) is 17.5 Å². The standard InChI is InChI=1S/C22H35N3O3.HI/c1-4-27-16-17-12-13-25(15-17)22(23-2)24-14-18-8-7-11-20(26-3)21(18)28-19-9-5-6-10-19;/h7-8,11,17,19H,4-6,9-10,12-16H2,1-3H3,(H,23,24);1H. The molecule has 0 spiro atoms. The molecule has 1 aliphatic heterocycles. The Kier molecular flexibility index (Phi) is 10.3. The van der Waals surface area contributed by atoms with Crippen molar-refractivity contribution in [3.05, 3.63) is 23.8 Å². The van der Waals surface area contributed by atoms with Gasteiger partial charge in [-0.1, -0.05) is 12.1 Å². The molecule has 0 radical (unpaired) electrons. The Labute approximate surface area is 192 Å². The van der Waals surface area contributed by atoms with Gasteiger partial charge in [-0.25, -0.2) is 0 Å². The van der Waals surface area contributed by atoms with Crippen LogP contribution in [0.1, 0.15) is 44.6 Å². The first kappa shape index (κ1) is 24.1. The molecule has 0 bridgehead atoms. The average Bonchev–Trinajstić information content (AvgIpc) is 3.40. The number of halogens is 1. The maximum Gasteiger partial charge on any atom is 0.193 e. The molecule has 2 fully saturated rings. The lowest BCUT2D eigenvalue weighted by Gasteiger charge is -2.23. The minimum atomic E-state index is 0. The van der Waals surface area contributed by atoms with Crippen LogP contribution in [-0.2, 0) is 11.3 Å². The zero-order valence-corrected chi connectivity index (χ0v) is 20.3. The predicted molar refractivity (Wildman–Crippen MR) is 128 cm³/mol. The molecule has 1 saturated heterocycles. The van der Waals surface area contributed by atoms with Gasteiger partial charge in [0.25, 0.3) is 0 Å². The molecule has 1 aromatic carbocycles. The van der Waals surface area contributed by atoms with Gasteiger partial charge in [0.05, 0.1) is 19.8 Å². The summed E-state index contributed by atoms with van der Waals surface area (Å²) in [5.74, 6) is 3.19. The van der Waals surface area contributed by atoms with Crippen LogP contribution < -0.4 is 14.8 Å². The molecule has 1 unspecified atom stereocenters. The van der Waals surface area contributed by atoms with Gasteiger partial charge in [0, 0.05) is 44.8 Å². The lowest BCUT2D eigenvalue weighted by Crippen LogP contribution is -2.40. The van der Waals surface area contributed by atoms with Crippen molar-refractivity contribution in [1.29, 1.82) is 0 Å². The number of ether oxygens (including phenoxy) is 3. The van der Waals surface area contributed by atoms with Crippen molar-refractivity contribution < 1.29 is 14.2 Å². The van der Waals surface area contributed by atoms with Crippen molar-refractivity contribution in [2.24, 2.45) is 10.9 Å². The zero-order chi connectivity index (χ0) is 19.8. The number of hydrogen-bond donors (Lipinski definition) is 1. The third kappa shape index (κ3) is 6.64. The van der Waals surface area contributed by atoms with E-state index in [1.807, 2.05) is 26.1 Å². The molecule has 1 aromatic rings. The number of likely N-dealkylation sites (tertiary alicyclic amines) is 1. The molecule has 1 heterocycles. The fourth-order valence-corrected chi connectivity index (χ4v) is 4.12. The van der Waals surface area contributed by atoms with Crippen LogP contribution in [0.25, 0.3) is 0 Å². The van der Waals surface area contributed by atoms with Crippen LogP contribution in [0.5, 0.6) is 11.5 Å². The molecule has 164 valence electrons. The molecule has 6 nitrogen and oxygen atoms in total. The Bertz CT molecular complexity index is 650. The number of nitrogens with zero attached hydrogens (tertiary/aromatic N) is 2. The van der Waals surface area contributed by atoms with Crippen LogP contribution in [0.15, 0.2) is 23.2 Å². The van der Waals surface area contributed by atoms with Crippen LogP contribution >= 0.6 is 24.0 Å². The molecule has 1 saturated carbocycles. The van der Waals surface area contributed by atoms with E-state index in [2.05, 4.69) is 21.3 Å². The molecule has 1 aliphatic carbocycles. The highest BCUT2D eigenvalue weighted by Gasteiger charge is 2.25. The Morgan fingerprint density at radius 1 is 1.24 bits per heavy atom. The summed E-state index contributed by atoms with van der Waals surface area (Å²) in [6.45, 7) is 6.33. The summed E-state index contributed by atoms with van der Waals surface area (Å²) in [5, 5.41) is 3.52. The molecule has 1 atom stereocenters. The van der Waals surface area contributed by atoms with Gasteiger partial charge >= 0.3 is 0 Å². The summed E-state index contributed by atoms with van der Waals surface area (Å²) >= 11 is 0. The number of rotatable bonds is 8. The summed E-state index contributed by atoms with van der Waals surface area (Å²) in [5.41, 5.74) is 1.11. The normalized spacial score (nSPS) is 19.9. The maximum absolute atomic E-state index is 6.35. The van der Waals surface area contributed by atoms with E-state index in [9.17, 15) is 0 Å². The highest BCUT2D eigenvalue weighted by molar-refractivity contribution is 14.0. The van der Waals surface area contributed by atoms with E-state index in [0.29, 0.717) is 18.6 Å². The number of aliphatic imine (C=N–C) groups is 1. The second kappa shape index (κ2) is 12.5. The Morgan fingerprint density at radius 2 is 2.03 bits per heavy atom. The van der Waals surface area contributed by atoms with Crippen molar-refractivity contribution in [3.8, 4) is 11.5 Å². The van der Waals surface area contributed by atoms with E-state index in [1.165, 1.54) is 12.8 Å². The van der Waals surface area contributed by atoms with Crippen molar-refractivity contribution in [1.82, 2.24) is 10.2 Å². The minimum Gasteiger partial charge on any atom is -0.493 e. The van der Waals surface area contributed by atoms with Gasteiger partial charge < -0.3 is 24.4 Å². The van der Waals surface area contributed by atoms with Gasteiger partial charge in [-0.2, -0.15) is 0 Å². The van der Waals surface area contributed by atoms with Gasteiger partial charge in [0.2, 0.25) is 0 Å². The average molecular weight is 517 g/mol. The van der Waals surface area contributed by atoms with E-state index in [4.69, 9.17) is 14.2 Å². The third-order valence-corrected chi connectivity index (χ3v) is 5.66. The first-order valence-electron chi connectivity index (χ1n) is 10.6. The van der Waals surface area contributed by atoms with Crippen LogP contribution in [0.4, 0.5) is 0 Å². The van der Waals surface area contributed by atoms with Crippen LogP contribution in [0.3, 0.4) is 0 Å². The fraction of sp³-hybridized carbons (Fsp3) is 0.682.